The minimum Gasteiger partial charge on any atom is -0.497 e. The summed E-state index contributed by atoms with van der Waals surface area (Å²) in [5.74, 6) is -19.7. The molecule has 7 nitrogen and oxygen atoms in total. The summed E-state index contributed by atoms with van der Waals surface area (Å²) in [4.78, 5) is 0. The van der Waals surface area contributed by atoms with Crippen molar-refractivity contribution in [2.75, 3.05) is 13.7 Å². The molecule has 4 rings (SSSR count). The molecule has 0 aromatic heterocycles. The number of hydrogen-bond acceptors (Lipinski definition) is 7. The third-order valence-electron chi connectivity index (χ3n) is 21.5. The van der Waals surface area contributed by atoms with Crippen molar-refractivity contribution in [3.8, 4) is 5.75 Å². The predicted octanol–water partition coefficient (Wildman–Crippen LogP) is 24.0. The van der Waals surface area contributed by atoms with Gasteiger partial charge in [0.2, 0.25) is 0 Å². The largest absolute Gasteiger partial charge is 0.497 e. The summed E-state index contributed by atoms with van der Waals surface area (Å²) in [7, 11) is -7.54. The Morgan fingerprint density at radius 2 is 1.02 bits per heavy atom. The normalized spacial score (nSPS) is 17.3. The standard InChI is InChI=1S/C81H121F9O7Si3/c1-23-24-35-61(8)74(93-56-65-45-48-69(92-18)49-46-65)64(11)71(91)50-43-59(6)54-63(10)73(97-99(21,22)76(15,16)17)62(9)44-47-70(95-98(19,20)75(12,13)14)55-72(96-100(57(2)3,58(4)5)53-51-77(82,83)79(84,85)80(86,87)81(88,89)90)60(7)36-34-52-94-78(66-37-28-25-29-38-66,67-39-30-26-31-40-67)68-41-32-27-33-42-68/h23-42,44-49,57-64,70-74,91H,1,43,50-56H2,2-22H3/b35-24+,36-34+,47-44?/t59-,60-,61-,62-,63-,64-,70+,71-,72+,73-,74-/m0/s1. The zero-order valence-electron chi connectivity index (χ0n) is 63.7. The Labute approximate surface area is 598 Å². The number of aliphatic hydroxyl groups excluding tert-OH is 1. The van der Waals surface area contributed by atoms with Crippen molar-refractivity contribution in [2.24, 2.45) is 35.5 Å². The highest BCUT2D eigenvalue weighted by molar-refractivity contribution is 6.76. The van der Waals surface area contributed by atoms with Gasteiger partial charge in [-0.1, -0.05) is 263 Å². The van der Waals surface area contributed by atoms with Crippen molar-refractivity contribution < 1.29 is 72.1 Å². The molecule has 0 saturated heterocycles. The highest BCUT2D eigenvalue weighted by Crippen LogP contribution is 2.56. The van der Waals surface area contributed by atoms with Gasteiger partial charge in [0.1, 0.15) is 11.4 Å². The van der Waals surface area contributed by atoms with Crippen molar-refractivity contribution in [2.45, 2.75) is 263 Å². The van der Waals surface area contributed by atoms with Gasteiger partial charge in [-0.3, -0.25) is 0 Å². The number of benzene rings is 4. The van der Waals surface area contributed by atoms with Crippen molar-refractivity contribution in [1.82, 2.24) is 0 Å². The summed E-state index contributed by atoms with van der Waals surface area (Å²) >= 11 is 0. The molecule has 11 atom stereocenters. The fourth-order valence-electron chi connectivity index (χ4n) is 13.0. The van der Waals surface area contributed by atoms with Crippen LogP contribution in [0.25, 0.3) is 0 Å². The van der Waals surface area contributed by atoms with E-state index in [4.69, 9.17) is 27.5 Å². The van der Waals surface area contributed by atoms with E-state index in [9.17, 15) is 27.1 Å². The zero-order valence-corrected chi connectivity index (χ0v) is 66.7. The van der Waals surface area contributed by atoms with E-state index >= 15 is 17.6 Å². The molecule has 0 spiro atoms. The summed E-state index contributed by atoms with van der Waals surface area (Å²) in [6.45, 7) is 45.3. The fourth-order valence-corrected chi connectivity index (χ4v) is 20.5. The lowest BCUT2D eigenvalue weighted by Crippen LogP contribution is -2.61. The molecule has 0 radical (unpaired) electrons. The molecule has 4 aromatic rings. The molecular weight excluding hydrogens is 1340 g/mol. The summed E-state index contributed by atoms with van der Waals surface area (Å²) in [5, 5.41) is 11.5. The lowest BCUT2D eigenvalue weighted by Gasteiger charge is -2.45. The van der Waals surface area contributed by atoms with E-state index in [-0.39, 0.29) is 64.9 Å². The maximum Gasteiger partial charge on any atom is 0.460 e. The van der Waals surface area contributed by atoms with Crippen LogP contribution in [0.1, 0.15) is 165 Å². The molecule has 0 bridgehead atoms. The average molecular weight is 1460 g/mol. The van der Waals surface area contributed by atoms with Crippen LogP contribution in [-0.2, 0) is 35.0 Å². The number of methoxy groups -OCH3 is 1. The number of alkyl halides is 9. The predicted molar refractivity (Wildman–Crippen MR) is 399 cm³/mol. The molecule has 0 fully saturated rings. The second-order valence-corrected chi connectivity index (χ2v) is 46.3. The quantitative estimate of drug-likeness (QED) is 0.0156. The van der Waals surface area contributed by atoms with Crippen LogP contribution < -0.4 is 4.74 Å². The Morgan fingerprint density at radius 3 is 1.47 bits per heavy atom. The van der Waals surface area contributed by atoms with Gasteiger partial charge < -0.3 is 32.6 Å². The second-order valence-electron chi connectivity index (χ2n) is 31.8. The van der Waals surface area contributed by atoms with Crippen LogP contribution in [-0.4, -0.2) is 98.2 Å². The molecule has 0 aliphatic carbocycles. The van der Waals surface area contributed by atoms with Gasteiger partial charge in [0.15, 0.2) is 25.0 Å². The van der Waals surface area contributed by atoms with Gasteiger partial charge in [-0.2, -0.15) is 39.5 Å². The number of ether oxygens (including phenoxy) is 3. The Hall–Kier alpha value is -4.58. The Bertz CT molecular complexity index is 3030. The molecule has 19 heteroatoms. The van der Waals surface area contributed by atoms with Crippen molar-refractivity contribution in [1.29, 1.82) is 0 Å². The second kappa shape index (κ2) is 36.9. The van der Waals surface area contributed by atoms with E-state index in [1.807, 2.05) is 153 Å². The number of hydrogen-bond donors (Lipinski definition) is 1. The third-order valence-corrected chi connectivity index (χ3v) is 36.2. The first-order valence-electron chi connectivity index (χ1n) is 35.8. The number of aliphatic hydroxyl groups is 1. The van der Waals surface area contributed by atoms with E-state index in [0.717, 1.165) is 40.8 Å². The van der Waals surface area contributed by atoms with Crippen LogP contribution in [0.2, 0.25) is 53.4 Å². The molecule has 0 aliphatic heterocycles. The van der Waals surface area contributed by atoms with Crippen molar-refractivity contribution >= 4 is 25.0 Å². The molecule has 0 aliphatic rings. The van der Waals surface area contributed by atoms with Crippen LogP contribution in [0, 0.1) is 35.5 Å². The maximum atomic E-state index is 15.9. The monoisotopic (exact) mass is 1460 g/mol. The van der Waals surface area contributed by atoms with Gasteiger partial charge >= 0.3 is 23.9 Å². The maximum absolute atomic E-state index is 15.9. The lowest BCUT2D eigenvalue weighted by atomic mass is 9.80. The minimum atomic E-state index is -7.03. The molecule has 4 aromatic carbocycles. The summed E-state index contributed by atoms with van der Waals surface area (Å²) in [6, 6.07) is 36.3. The van der Waals surface area contributed by atoms with E-state index in [1.165, 1.54) is 0 Å². The van der Waals surface area contributed by atoms with Gasteiger partial charge in [-0.15, -0.1) is 0 Å². The first-order valence-corrected chi connectivity index (χ1v) is 43.9. The first-order chi connectivity index (χ1) is 46.2. The van der Waals surface area contributed by atoms with Gasteiger partial charge in [-0.25, -0.2) is 0 Å². The summed E-state index contributed by atoms with van der Waals surface area (Å²) in [6.07, 6.45) is 3.96. The highest BCUT2D eigenvalue weighted by atomic mass is 28.4. The van der Waals surface area contributed by atoms with E-state index < -0.39 is 102 Å². The van der Waals surface area contributed by atoms with Crippen LogP contribution in [0.3, 0.4) is 0 Å². The zero-order chi connectivity index (χ0) is 75.7. The average Bonchev–Trinajstić information content (AvgIpc) is 0.746. The number of halogens is 9. The molecule has 0 saturated carbocycles. The van der Waals surface area contributed by atoms with Crippen LogP contribution >= 0.6 is 0 Å². The smallest absolute Gasteiger partial charge is 0.460 e. The fraction of sp³-hybridized carbons (Fsp3) is 0.605. The molecule has 0 heterocycles. The van der Waals surface area contributed by atoms with E-state index in [2.05, 4.69) is 114 Å². The highest BCUT2D eigenvalue weighted by Gasteiger charge is 2.81. The number of allylic oxidation sites excluding steroid dienone is 2. The molecule has 0 unspecified atom stereocenters. The van der Waals surface area contributed by atoms with Gasteiger partial charge in [-0.05, 0) is 131 Å². The Morgan fingerprint density at radius 1 is 0.540 bits per heavy atom. The van der Waals surface area contributed by atoms with Crippen LogP contribution in [0.15, 0.2) is 164 Å². The molecular formula is C81H121F9O7Si3. The molecule has 562 valence electrons. The van der Waals surface area contributed by atoms with E-state index in [0.29, 0.717) is 13.0 Å². The Balaban J connectivity index is 1.84. The van der Waals surface area contributed by atoms with Crippen LogP contribution in [0.5, 0.6) is 5.75 Å². The van der Waals surface area contributed by atoms with Crippen molar-refractivity contribution in [3.05, 3.63) is 187 Å². The number of rotatable bonds is 41. The van der Waals surface area contributed by atoms with Gasteiger partial charge in [0.25, 0.3) is 0 Å². The minimum absolute atomic E-state index is 0.0147. The van der Waals surface area contributed by atoms with E-state index in [1.54, 1.807) is 40.9 Å². The SMILES string of the molecule is C=C/C=C/[C@H](C)[C@H](OCc1ccc(OC)cc1)[C@@H](C)[C@@H](O)CC[C@H](C)C[C@H](C)[C@@H](O[Si](C)(C)C(C)(C)C)[C@@H](C)C=C[C@H](C[C@@H](O[Si](CCC(F)(F)C(F)(F)C(F)(F)C(F)(F)F)(C(C)C)C(C)C)[C@@H](C)/C=C/COC(c1ccccc1)(c1ccccc1)c1ccccc1)O[Si](C)(C)C(C)(C)C. The third kappa shape index (κ3) is 22.7. The first kappa shape index (κ1) is 87.8. The molecule has 1 N–H and O–H groups in total. The Kier molecular flexibility index (Phi) is 32.4. The van der Waals surface area contributed by atoms with Gasteiger partial charge in [0, 0.05) is 24.7 Å². The lowest BCUT2D eigenvalue weighted by molar-refractivity contribution is -0.396. The molecule has 100 heavy (non-hydrogen) atoms. The van der Waals surface area contributed by atoms with Crippen LogP contribution in [0.4, 0.5) is 39.5 Å². The topological polar surface area (TPSA) is 75.6 Å². The molecule has 0 amide bonds. The van der Waals surface area contributed by atoms with Gasteiger partial charge in [0.05, 0.1) is 50.8 Å². The summed E-state index contributed by atoms with van der Waals surface area (Å²) < 4.78 is 173. The van der Waals surface area contributed by atoms with Crippen molar-refractivity contribution in [3.63, 3.8) is 0 Å². The summed E-state index contributed by atoms with van der Waals surface area (Å²) in [5.41, 5.74) is 1.23.